The molecule has 0 amide bonds. The largest absolute Gasteiger partial charge is 0.481 e. The molecule has 0 heterocycles. The summed E-state index contributed by atoms with van der Waals surface area (Å²) >= 11 is 0. The van der Waals surface area contributed by atoms with Gasteiger partial charge >= 0.3 is 5.97 Å². The van der Waals surface area contributed by atoms with Crippen LogP contribution in [0.2, 0.25) is 0 Å². The van der Waals surface area contributed by atoms with Crippen molar-refractivity contribution in [3.8, 4) is 0 Å². The third-order valence-electron chi connectivity index (χ3n) is 1.40. The van der Waals surface area contributed by atoms with Crippen LogP contribution in [0.1, 0.15) is 13.3 Å². The van der Waals surface area contributed by atoms with Gasteiger partial charge in [0, 0.05) is 5.92 Å². The fourth-order valence-corrected chi connectivity index (χ4v) is 0.670. The topological polar surface area (TPSA) is 63.3 Å². The van der Waals surface area contributed by atoms with Crippen molar-refractivity contribution >= 4 is 5.97 Å². The summed E-state index contributed by atoms with van der Waals surface area (Å²) in [5, 5.41) is 8.37. The molecule has 0 bridgehead atoms. The summed E-state index contributed by atoms with van der Waals surface area (Å²) in [5.41, 5.74) is 6.14. The van der Waals surface area contributed by atoms with Gasteiger partial charge < -0.3 is 10.8 Å². The zero-order valence-electron chi connectivity index (χ0n) is 6.13. The van der Waals surface area contributed by atoms with Crippen molar-refractivity contribution in [2.45, 2.75) is 13.3 Å². The Morgan fingerprint density at radius 2 is 2.30 bits per heavy atom. The first-order chi connectivity index (χ1) is 4.57. The van der Waals surface area contributed by atoms with E-state index in [0.29, 0.717) is 6.54 Å². The molecule has 0 saturated carbocycles. The van der Waals surface area contributed by atoms with Gasteiger partial charge in [0.15, 0.2) is 0 Å². The Kier molecular flexibility index (Phi) is 3.72. The van der Waals surface area contributed by atoms with E-state index < -0.39 is 5.97 Å². The molecule has 0 aromatic rings. The number of hydrogen-bond acceptors (Lipinski definition) is 2. The first-order valence-electron chi connectivity index (χ1n) is 3.15. The summed E-state index contributed by atoms with van der Waals surface area (Å²) in [6.45, 7) is 5.79. The second-order valence-electron chi connectivity index (χ2n) is 2.38. The average Bonchev–Trinajstić information content (AvgIpc) is 1.81. The van der Waals surface area contributed by atoms with Crippen molar-refractivity contribution in [1.82, 2.24) is 0 Å². The minimum atomic E-state index is -0.821. The van der Waals surface area contributed by atoms with E-state index in [1.807, 2.05) is 0 Å². The van der Waals surface area contributed by atoms with Gasteiger partial charge in [-0.15, -0.1) is 0 Å². The average molecular weight is 143 g/mol. The van der Waals surface area contributed by atoms with Gasteiger partial charge in [-0.3, -0.25) is 4.79 Å². The maximum Gasteiger partial charge on any atom is 0.303 e. The normalized spacial score (nSPS) is 12.6. The van der Waals surface area contributed by atoms with Crippen LogP contribution in [0, 0.1) is 5.92 Å². The van der Waals surface area contributed by atoms with Crippen LogP contribution in [-0.2, 0) is 4.79 Å². The van der Waals surface area contributed by atoms with Gasteiger partial charge in [0.1, 0.15) is 0 Å². The molecule has 0 rings (SSSR count). The molecular weight excluding hydrogens is 130 g/mol. The molecule has 0 aromatic heterocycles. The van der Waals surface area contributed by atoms with E-state index >= 15 is 0 Å². The van der Waals surface area contributed by atoms with E-state index in [-0.39, 0.29) is 12.3 Å². The Hall–Kier alpha value is -0.830. The lowest BCUT2D eigenvalue weighted by Crippen LogP contribution is -2.18. The fraction of sp³-hybridized carbons (Fsp3) is 0.571. The van der Waals surface area contributed by atoms with Gasteiger partial charge in [0.25, 0.3) is 0 Å². The summed E-state index contributed by atoms with van der Waals surface area (Å²) in [4.78, 5) is 10.2. The van der Waals surface area contributed by atoms with Crippen LogP contribution in [-0.4, -0.2) is 17.6 Å². The van der Waals surface area contributed by atoms with Crippen LogP contribution in [0.15, 0.2) is 12.2 Å². The molecular formula is C7H13NO2. The van der Waals surface area contributed by atoms with Crippen LogP contribution in [0.3, 0.4) is 0 Å². The van der Waals surface area contributed by atoms with E-state index in [0.717, 1.165) is 5.57 Å². The molecule has 3 nitrogen and oxygen atoms in total. The Labute approximate surface area is 60.5 Å². The Morgan fingerprint density at radius 1 is 1.80 bits per heavy atom. The van der Waals surface area contributed by atoms with Crippen LogP contribution < -0.4 is 5.73 Å². The number of carboxylic acids is 1. The van der Waals surface area contributed by atoms with Crippen LogP contribution in [0.25, 0.3) is 0 Å². The summed E-state index contributed by atoms with van der Waals surface area (Å²) in [6.07, 6.45) is 0.0891. The van der Waals surface area contributed by atoms with Crippen molar-refractivity contribution in [2.75, 3.05) is 6.54 Å². The second-order valence-corrected chi connectivity index (χ2v) is 2.38. The van der Waals surface area contributed by atoms with Gasteiger partial charge in [-0.25, -0.2) is 0 Å². The van der Waals surface area contributed by atoms with Gasteiger partial charge in [-0.1, -0.05) is 12.2 Å². The lowest BCUT2D eigenvalue weighted by atomic mass is 9.99. The van der Waals surface area contributed by atoms with E-state index in [1.165, 1.54) is 0 Å². The molecule has 0 spiro atoms. The molecule has 0 aliphatic rings. The molecule has 10 heavy (non-hydrogen) atoms. The zero-order valence-corrected chi connectivity index (χ0v) is 6.13. The van der Waals surface area contributed by atoms with E-state index in [9.17, 15) is 4.79 Å². The molecule has 0 aliphatic carbocycles. The van der Waals surface area contributed by atoms with Gasteiger partial charge in [-0.2, -0.15) is 0 Å². The highest BCUT2D eigenvalue weighted by Gasteiger charge is 2.10. The van der Waals surface area contributed by atoms with Crippen LogP contribution >= 0.6 is 0 Å². The maximum atomic E-state index is 10.2. The Balaban J connectivity index is 3.83. The predicted octanol–water partition coefficient (Wildman–Crippen LogP) is 0.612. The standard InChI is InChI=1S/C7H13NO2/c1-5(2)6(4-8)3-7(9)10/h6H,1,3-4,8H2,2H3,(H,9,10). The Morgan fingerprint density at radius 3 is 2.40 bits per heavy atom. The third kappa shape index (κ3) is 3.25. The lowest BCUT2D eigenvalue weighted by Gasteiger charge is -2.10. The van der Waals surface area contributed by atoms with E-state index in [4.69, 9.17) is 10.8 Å². The Bertz CT molecular complexity index is 143. The zero-order chi connectivity index (χ0) is 8.15. The summed E-state index contributed by atoms with van der Waals surface area (Å²) in [5.74, 6) is -0.893. The molecule has 1 unspecified atom stereocenters. The molecule has 0 radical (unpaired) electrons. The maximum absolute atomic E-state index is 10.2. The number of nitrogens with two attached hydrogens (primary N) is 1. The second kappa shape index (κ2) is 4.06. The van der Waals surface area contributed by atoms with Crippen molar-refractivity contribution in [3.05, 3.63) is 12.2 Å². The molecule has 58 valence electrons. The number of carbonyl (C=O) groups is 1. The molecule has 3 heteroatoms. The third-order valence-corrected chi connectivity index (χ3v) is 1.40. The van der Waals surface area contributed by atoms with E-state index in [2.05, 4.69) is 6.58 Å². The highest BCUT2D eigenvalue weighted by Crippen LogP contribution is 2.10. The quantitative estimate of drug-likeness (QED) is 0.567. The van der Waals surface area contributed by atoms with Gasteiger partial charge in [0.2, 0.25) is 0 Å². The highest BCUT2D eigenvalue weighted by atomic mass is 16.4. The summed E-state index contributed by atoms with van der Waals surface area (Å²) < 4.78 is 0. The minimum Gasteiger partial charge on any atom is -0.481 e. The van der Waals surface area contributed by atoms with Crippen molar-refractivity contribution in [2.24, 2.45) is 11.7 Å². The molecule has 0 fully saturated rings. The molecule has 3 N–H and O–H groups in total. The molecule has 0 saturated heterocycles. The van der Waals surface area contributed by atoms with Crippen LogP contribution in [0.4, 0.5) is 0 Å². The van der Waals surface area contributed by atoms with Crippen molar-refractivity contribution in [3.63, 3.8) is 0 Å². The first kappa shape index (κ1) is 9.17. The first-order valence-corrected chi connectivity index (χ1v) is 3.15. The molecule has 0 aromatic carbocycles. The number of hydrogen-bond donors (Lipinski definition) is 2. The lowest BCUT2D eigenvalue weighted by molar-refractivity contribution is -0.137. The number of aliphatic carboxylic acids is 1. The minimum absolute atomic E-state index is 0.0718. The predicted molar refractivity (Wildman–Crippen MR) is 39.6 cm³/mol. The number of rotatable bonds is 4. The summed E-state index contributed by atoms with van der Waals surface area (Å²) in [7, 11) is 0. The van der Waals surface area contributed by atoms with Crippen molar-refractivity contribution in [1.29, 1.82) is 0 Å². The SMILES string of the molecule is C=C(C)C(CN)CC(=O)O. The highest BCUT2D eigenvalue weighted by molar-refractivity contribution is 5.67. The van der Waals surface area contributed by atoms with Gasteiger partial charge in [0.05, 0.1) is 6.42 Å². The monoisotopic (exact) mass is 143 g/mol. The van der Waals surface area contributed by atoms with Crippen LogP contribution in [0.5, 0.6) is 0 Å². The van der Waals surface area contributed by atoms with Crippen molar-refractivity contribution < 1.29 is 9.90 Å². The molecule has 0 aliphatic heterocycles. The van der Waals surface area contributed by atoms with E-state index in [1.54, 1.807) is 6.92 Å². The molecule has 1 atom stereocenters. The summed E-state index contributed by atoms with van der Waals surface area (Å²) in [6, 6.07) is 0. The number of carboxylic acid groups (broad SMARTS) is 1. The smallest absolute Gasteiger partial charge is 0.303 e. The van der Waals surface area contributed by atoms with Gasteiger partial charge in [-0.05, 0) is 13.5 Å². The fourth-order valence-electron chi connectivity index (χ4n) is 0.670.